The zero-order valence-corrected chi connectivity index (χ0v) is 17.7. The predicted molar refractivity (Wildman–Crippen MR) is 120 cm³/mol. The van der Waals surface area contributed by atoms with Gasteiger partial charge < -0.3 is 4.42 Å². The van der Waals surface area contributed by atoms with E-state index in [1.807, 2.05) is 43.5 Å². The Labute approximate surface area is 182 Å². The Morgan fingerprint density at radius 3 is 2.35 bits per heavy atom. The van der Waals surface area contributed by atoms with Crippen molar-refractivity contribution >= 4 is 34.3 Å². The molecule has 5 rings (SSSR count). The summed E-state index contributed by atoms with van der Waals surface area (Å²) in [7, 11) is 0. The largest absolute Gasteiger partial charge is 0.450 e. The molecular formula is C25H18FNO3S. The number of carbonyl (C=O) groups is 1. The zero-order chi connectivity index (χ0) is 21.7. The van der Waals surface area contributed by atoms with Crippen molar-refractivity contribution < 1.29 is 13.6 Å². The van der Waals surface area contributed by atoms with Crippen LogP contribution in [0.25, 0.3) is 11.0 Å². The fraction of sp³-hybridized carbons (Fsp3) is 0.120. The molecular weight excluding hydrogens is 413 g/mol. The SMILES string of the molecule is CSc1ccc(C2c3c(oc4ccc(C)cc4c3=O)C(=O)N2c2ccc(F)cc2)cc1. The number of hydrogen-bond acceptors (Lipinski definition) is 4. The van der Waals surface area contributed by atoms with Crippen molar-refractivity contribution in [3.8, 4) is 0 Å². The Kier molecular flexibility index (Phi) is 4.67. The lowest BCUT2D eigenvalue weighted by Gasteiger charge is -2.25. The van der Waals surface area contributed by atoms with E-state index in [2.05, 4.69) is 0 Å². The minimum Gasteiger partial charge on any atom is -0.450 e. The monoisotopic (exact) mass is 431 g/mol. The third kappa shape index (κ3) is 3.15. The normalized spacial score (nSPS) is 15.5. The van der Waals surface area contributed by atoms with Crippen LogP contribution in [0.4, 0.5) is 10.1 Å². The molecule has 1 unspecified atom stereocenters. The van der Waals surface area contributed by atoms with Crippen LogP contribution in [0.1, 0.15) is 33.3 Å². The first kappa shape index (κ1) is 19.6. The molecule has 0 bridgehead atoms. The number of halogens is 1. The van der Waals surface area contributed by atoms with Gasteiger partial charge in [0.05, 0.1) is 17.0 Å². The number of hydrogen-bond donors (Lipinski definition) is 0. The highest BCUT2D eigenvalue weighted by molar-refractivity contribution is 7.98. The summed E-state index contributed by atoms with van der Waals surface area (Å²) in [5.74, 6) is -0.783. The summed E-state index contributed by atoms with van der Waals surface area (Å²) >= 11 is 1.61. The number of thioether (sulfide) groups is 1. The smallest absolute Gasteiger partial charge is 0.295 e. The Balaban J connectivity index is 1.79. The summed E-state index contributed by atoms with van der Waals surface area (Å²) in [5.41, 5.74) is 2.67. The predicted octanol–water partition coefficient (Wildman–Crippen LogP) is 5.71. The van der Waals surface area contributed by atoms with E-state index in [-0.39, 0.29) is 11.2 Å². The average Bonchev–Trinajstić information content (AvgIpc) is 3.07. The van der Waals surface area contributed by atoms with Gasteiger partial charge in [-0.15, -0.1) is 11.8 Å². The lowest BCUT2D eigenvalue weighted by atomic mass is 9.98. The van der Waals surface area contributed by atoms with Crippen molar-refractivity contribution in [1.82, 2.24) is 0 Å². The van der Waals surface area contributed by atoms with Crippen LogP contribution in [0.2, 0.25) is 0 Å². The van der Waals surface area contributed by atoms with E-state index in [1.54, 1.807) is 23.9 Å². The molecule has 0 saturated heterocycles. The molecule has 1 aromatic heterocycles. The number of benzene rings is 3. The second kappa shape index (κ2) is 7.39. The molecule has 0 saturated carbocycles. The summed E-state index contributed by atoms with van der Waals surface area (Å²) in [6, 6.07) is 18.1. The second-order valence-corrected chi connectivity index (χ2v) is 8.38. The first-order valence-corrected chi connectivity index (χ1v) is 11.0. The molecule has 4 nitrogen and oxygen atoms in total. The van der Waals surface area contributed by atoms with Crippen molar-refractivity contribution in [2.75, 3.05) is 11.2 Å². The van der Waals surface area contributed by atoms with E-state index in [0.717, 1.165) is 16.0 Å². The Bertz CT molecular complexity index is 1380. The zero-order valence-electron chi connectivity index (χ0n) is 16.9. The molecule has 6 heteroatoms. The highest BCUT2D eigenvalue weighted by Crippen LogP contribution is 2.41. The summed E-state index contributed by atoms with van der Waals surface area (Å²) < 4.78 is 19.5. The molecule has 1 aliphatic heterocycles. The van der Waals surface area contributed by atoms with Crippen molar-refractivity contribution in [3.63, 3.8) is 0 Å². The van der Waals surface area contributed by atoms with E-state index >= 15 is 0 Å². The van der Waals surface area contributed by atoms with Crippen LogP contribution < -0.4 is 10.3 Å². The molecule has 0 fully saturated rings. The standard InChI is InChI=1S/C25H18FNO3S/c1-14-3-12-20-19(13-14)23(28)21-22(15-4-10-18(31-2)11-5-15)27(25(29)24(21)30-20)17-8-6-16(26)7-9-17/h3-13,22H,1-2H3. The number of rotatable bonds is 3. The van der Waals surface area contributed by atoms with Gasteiger partial charge >= 0.3 is 0 Å². The number of amides is 1. The lowest BCUT2D eigenvalue weighted by Crippen LogP contribution is -2.29. The van der Waals surface area contributed by atoms with Crippen LogP contribution in [-0.2, 0) is 0 Å². The maximum absolute atomic E-state index is 13.6. The molecule has 0 N–H and O–H groups in total. The number of fused-ring (bicyclic) bond motifs is 2. The summed E-state index contributed by atoms with van der Waals surface area (Å²) in [4.78, 5) is 29.6. The van der Waals surface area contributed by atoms with E-state index in [1.165, 1.54) is 29.2 Å². The van der Waals surface area contributed by atoms with E-state index in [9.17, 15) is 14.0 Å². The van der Waals surface area contributed by atoms with Crippen LogP contribution in [0.3, 0.4) is 0 Å². The Morgan fingerprint density at radius 1 is 0.968 bits per heavy atom. The van der Waals surface area contributed by atoms with Gasteiger partial charge in [-0.3, -0.25) is 14.5 Å². The van der Waals surface area contributed by atoms with Gasteiger partial charge in [-0.2, -0.15) is 0 Å². The average molecular weight is 431 g/mol. The van der Waals surface area contributed by atoms with Crippen LogP contribution in [0, 0.1) is 12.7 Å². The van der Waals surface area contributed by atoms with E-state index in [0.29, 0.717) is 22.2 Å². The summed E-state index contributed by atoms with van der Waals surface area (Å²) in [6.45, 7) is 1.90. The second-order valence-electron chi connectivity index (χ2n) is 7.50. The molecule has 3 aromatic carbocycles. The van der Waals surface area contributed by atoms with Crippen LogP contribution in [0.5, 0.6) is 0 Å². The maximum atomic E-state index is 13.6. The molecule has 4 aromatic rings. The highest BCUT2D eigenvalue weighted by atomic mass is 32.2. The maximum Gasteiger partial charge on any atom is 0.295 e. The summed E-state index contributed by atoms with van der Waals surface area (Å²) in [6.07, 6.45) is 1.98. The number of nitrogens with zero attached hydrogens (tertiary/aromatic N) is 1. The van der Waals surface area contributed by atoms with Gasteiger partial charge in [-0.25, -0.2) is 4.39 Å². The van der Waals surface area contributed by atoms with Crippen molar-refractivity contribution in [2.24, 2.45) is 0 Å². The first-order valence-electron chi connectivity index (χ1n) is 9.78. The quantitative estimate of drug-likeness (QED) is 0.390. The van der Waals surface area contributed by atoms with Crippen LogP contribution in [0.15, 0.2) is 80.8 Å². The number of anilines is 1. The topological polar surface area (TPSA) is 50.5 Å². The number of carbonyl (C=O) groups excluding carboxylic acids is 1. The van der Waals surface area contributed by atoms with E-state index < -0.39 is 17.8 Å². The minimum absolute atomic E-state index is 0.0321. The molecule has 31 heavy (non-hydrogen) atoms. The van der Waals surface area contributed by atoms with Gasteiger partial charge in [0.25, 0.3) is 5.91 Å². The number of aryl methyl sites for hydroxylation is 1. The first-order chi connectivity index (χ1) is 15.0. The van der Waals surface area contributed by atoms with Crippen molar-refractivity contribution in [3.05, 3.63) is 105 Å². The third-order valence-electron chi connectivity index (χ3n) is 5.56. The molecule has 2 heterocycles. The van der Waals surface area contributed by atoms with E-state index in [4.69, 9.17) is 4.42 Å². The van der Waals surface area contributed by atoms with Crippen molar-refractivity contribution in [1.29, 1.82) is 0 Å². The minimum atomic E-state index is -0.662. The summed E-state index contributed by atoms with van der Waals surface area (Å²) in [5, 5.41) is 0.443. The Morgan fingerprint density at radius 2 is 1.68 bits per heavy atom. The fourth-order valence-electron chi connectivity index (χ4n) is 4.06. The van der Waals surface area contributed by atoms with Crippen molar-refractivity contribution in [2.45, 2.75) is 17.9 Å². The molecule has 1 aliphatic rings. The lowest BCUT2D eigenvalue weighted by molar-refractivity contribution is 0.0971. The molecule has 1 atom stereocenters. The van der Waals surface area contributed by atoms with Gasteiger partial charge in [0.2, 0.25) is 5.76 Å². The van der Waals surface area contributed by atoms with Gasteiger partial charge in [0, 0.05) is 10.6 Å². The van der Waals surface area contributed by atoms with Gasteiger partial charge in [-0.1, -0.05) is 23.8 Å². The van der Waals surface area contributed by atoms with Crippen LogP contribution >= 0.6 is 11.8 Å². The Hall–Kier alpha value is -3.38. The highest BCUT2D eigenvalue weighted by Gasteiger charge is 2.43. The fourth-order valence-corrected chi connectivity index (χ4v) is 4.46. The molecule has 154 valence electrons. The van der Waals surface area contributed by atoms with Gasteiger partial charge in [0.1, 0.15) is 11.4 Å². The van der Waals surface area contributed by atoms with Gasteiger partial charge in [0.15, 0.2) is 5.43 Å². The molecule has 0 radical (unpaired) electrons. The van der Waals surface area contributed by atoms with Gasteiger partial charge in [-0.05, 0) is 67.3 Å². The molecule has 0 aliphatic carbocycles. The third-order valence-corrected chi connectivity index (χ3v) is 6.31. The molecule has 1 amide bonds. The molecule has 0 spiro atoms. The van der Waals surface area contributed by atoms with Crippen LogP contribution in [-0.4, -0.2) is 12.2 Å².